The van der Waals surface area contributed by atoms with Gasteiger partial charge in [0.25, 0.3) is 5.56 Å². The molecule has 1 saturated heterocycles. The first kappa shape index (κ1) is 18.8. The largest absolute Gasteiger partial charge is 0.497 e. The van der Waals surface area contributed by atoms with Gasteiger partial charge in [0.2, 0.25) is 5.95 Å². The molecule has 2 atom stereocenters. The number of morpholine rings is 1. The second kappa shape index (κ2) is 7.57. The predicted molar refractivity (Wildman–Crippen MR) is 114 cm³/mol. The van der Waals surface area contributed by atoms with Crippen LogP contribution >= 0.6 is 0 Å². The number of benzene rings is 1. The number of methoxy groups -OCH3 is 1. The maximum Gasteiger partial charge on any atom is 0.255 e. The summed E-state index contributed by atoms with van der Waals surface area (Å²) in [6.07, 6.45) is 5.26. The fourth-order valence-electron chi connectivity index (χ4n) is 4.52. The molecule has 0 N–H and O–H groups in total. The van der Waals surface area contributed by atoms with Crippen LogP contribution in [0.4, 0.5) is 5.95 Å². The van der Waals surface area contributed by atoms with Crippen LogP contribution in [0.25, 0.3) is 11.3 Å². The van der Waals surface area contributed by atoms with Gasteiger partial charge < -0.3 is 14.4 Å². The second-order valence-corrected chi connectivity index (χ2v) is 7.73. The van der Waals surface area contributed by atoms with Gasteiger partial charge in [0.05, 0.1) is 25.5 Å². The summed E-state index contributed by atoms with van der Waals surface area (Å²) in [5.41, 5.74) is 3.94. The summed E-state index contributed by atoms with van der Waals surface area (Å²) in [4.78, 5) is 23.9. The molecule has 154 valence electrons. The quantitative estimate of drug-likeness (QED) is 0.669. The zero-order chi connectivity index (χ0) is 20.7. The Balaban J connectivity index is 1.56. The van der Waals surface area contributed by atoms with Crippen molar-refractivity contribution in [3.63, 3.8) is 0 Å². The Morgan fingerprint density at radius 1 is 1.17 bits per heavy atom. The maximum absolute atomic E-state index is 12.8. The van der Waals surface area contributed by atoms with Gasteiger partial charge in [0.1, 0.15) is 11.9 Å². The molecule has 0 unspecified atom stereocenters. The summed E-state index contributed by atoms with van der Waals surface area (Å²) in [5, 5.41) is 0. The molecule has 0 amide bonds. The number of rotatable bonds is 3. The molecular formula is C23H24N4O3. The van der Waals surface area contributed by atoms with Crippen molar-refractivity contribution < 1.29 is 9.47 Å². The minimum absolute atomic E-state index is 0.0703. The number of nitrogens with zero attached hydrogens (tertiary/aromatic N) is 4. The molecule has 1 aromatic carbocycles. The number of fused-ring (bicyclic) bond motifs is 3. The average Bonchev–Trinajstić information content (AvgIpc) is 2.80. The van der Waals surface area contributed by atoms with Crippen LogP contribution in [-0.2, 0) is 18.2 Å². The van der Waals surface area contributed by atoms with E-state index in [0.717, 1.165) is 24.2 Å². The summed E-state index contributed by atoms with van der Waals surface area (Å²) >= 11 is 0. The van der Waals surface area contributed by atoms with Crippen molar-refractivity contribution in [2.75, 3.05) is 25.2 Å². The first-order chi connectivity index (χ1) is 14.7. The van der Waals surface area contributed by atoms with Crippen molar-refractivity contribution in [2.45, 2.75) is 25.0 Å². The Morgan fingerprint density at radius 3 is 2.80 bits per heavy atom. The lowest BCUT2D eigenvalue weighted by Crippen LogP contribution is -2.51. The summed E-state index contributed by atoms with van der Waals surface area (Å²) in [7, 11) is 3.46. The summed E-state index contributed by atoms with van der Waals surface area (Å²) < 4.78 is 13.3. The first-order valence-electron chi connectivity index (χ1n) is 10.2. The van der Waals surface area contributed by atoms with Crippen LogP contribution in [0.5, 0.6) is 5.75 Å². The Labute approximate surface area is 174 Å². The van der Waals surface area contributed by atoms with Crippen LogP contribution in [0.3, 0.4) is 0 Å². The molecule has 7 nitrogen and oxygen atoms in total. The highest BCUT2D eigenvalue weighted by atomic mass is 16.5. The molecular weight excluding hydrogens is 380 g/mol. The van der Waals surface area contributed by atoms with E-state index in [0.29, 0.717) is 24.8 Å². The SMILES string of the molecule is COc1ccc2c(c1)[C@@H]1OCCN(c3nc(-c4ccncc4)cc(=O)n3C)[C@H]1CC2. The molecule has 30 heavy (non-hydrogen) atoms. The Morgan fingerprint density at radius 2 is 2.00 bits per heavy atom. The van der Waals surface area contributed by atoms with Crippen LogP contribution in [0.15, 0.2) is 53.6 Å². The van der Waals surface area contributed by atoms with E-state index in [4.69, 9.17) is 14.5 Å². The monoisotopic (exact) mass is 404 g/mol. The number of ether oxygens (including phenoxy) is 2. The molecule has 1 aliphatic heterocycles. The van der Waals surface area contributed by atoms with E-state index in [2.05, 4.69) is 22.0 Å². The molecule has 1 aliphatic carbocycles. The third kappa shape index (κ3) is 3.15. The third-order valence-corrected chi connectivity index (χ3v) is 6.09. The van der Waals surface area contributed by atoms with Gasteiger partial charge in [-0.25, -0.2) is 4.98 Å². The van der Waals surface area contributed by atoms with Gasteiger partial charge in [-0.15, -0.1) is 0 Å². The molecule has 2 aromatic heterocycles. The first-order valence-corrected chi connectivity index (χ1v) is 10.2. The van der Waals surface area contributed by atoms with Crippen LogP contribution < -0.4 is 15.2 Å². The minimum atomic E-state index is -0.0762. The molecule has 0 spiro atoms. The van der Waals surface area contributed by atoms with Gasteiger partial charge in [-0.3, -0.25) is 14.3 Å². The lowest BCUT2D eigenvalue weighted by Gasteiger charge is -2.45. The molecule has 5 rings (SSSR count). The van der Waals surface area contributed by atoms with Crippen LogP contribution in [0.1, 0.15) is 23.7 Å². The molecule has 0 radical (unpaired) electrons. The highest BCUT2D eigenvalue weighted by molar-refractivity contribution is 5.60. The minimum Gasteiger partial charge on any atom is -0.497 e. The number of hydrogen-bond donors (Lipinski definition) is 0. The van der Waals surface area contributed by atoms with E-state index in [1.54, 1.807) is 37.2 Å². The fourth-order valence-corrected chi connectivity index (χ4v) is 4.52. The number of aryl methyl sites for hydroxylation is 1. The highest BCUT2D eigenvalue weighted by Crippen LogP contribution is 2.40. The second-order valence-electron chi connectivity index (χ2n) is 7.73. The van der Waals surface area contributed by atoms with Crippen LogP contribution in [0, 0.1) is 0 Å². The Hall–Kier alpha value is -3.19. The molecule has 3 heterocycles. The van der Waals surface area contributed by atoms with Gasteiger partial charge in [-0.2, -0.15) is 0 Å². The molecule has 0 saturated carbocycles. The summed E-state index contributed by atoms with van der Waals surface area (Å²) in [6.45, 7) is 1.27. The summed E-state index contributed by atoms with van der Waals surface area (Å²) in [6, 6.07) is 11.7. The molecule has 3 aromatic rings. The topological polar surface area (TPSA) is 69.5 Å². The highest BCUT2D eigenvalue weighted by Gasteiger charge is 2.39. The zero-order valence-electron chi connectivity index (χ0n) is 17.1. The normalized spacial score (nSPS) is 20.4. The number of anilines is 1. The van der Waals surface area contributed by atoms with Crippen molar-refractivity contribution in [2.24, 2.45) is 7.05 Å². The molecule has 1 fully saturated rings. The fraction of sp³-hybridized carbons (Fsp3) is 0.348. The molecule has 7 heteroatoms. The smallest absolute Gasteiger partial charge is 0.255 e. The van der Waals surface area contributed by atoms with Gasteiger partial charge in [0, 0.05) is 37.6 Å². The van der Waals surface area contributed by atoms with Gasteiger partial charge in [-0.1, -0.05) is 6.07 Å². The van der Waals surface area contributed by atoms with Crippen LogP contribution in [0.2, 0.25) is 0 Å². The third-order valence-electron chi connectivity index (χ3n) is 6.09. The van der Waals surface area contributed by atoms with Gasteiger partial charge >= 0.3 is 0 Å². The number of pyridine rings is 1. The van der Waals surface area contributed by atoms with E-state index in [-0.39, 0.29) is 17.7 Å². The van der Waals surface area contributed by atoms with Crippen molar-refractivity contribution in [3.8, 4) is 17.0 Å². The van der Waals surface area contributed by atoms with Crippen LogP contribution in [-0.4, -0.2) is 40.8 Å². The van der Waals surface area contributed by atoms with E-state index in [1.807, 2.05) is 18.2 Å². The van der Waals surface area contributed by atoms with Crippen molar-refractivity contribution >= 4 is 5.95 Å². The summed E-state index contributed by atoms with van der Waals surface area (Å²) in [5.74, 6) is 1.51. The zero-order valence-corrected chi connectivity index (χ0v) is 17.1. The van der Waals surface area contributed by atoms with Gasteiger partial charge in [0.15, 0.2) is 0 Å². The Bertz CT molecular complexity index is 1130. The molecule has 2 aliphatic rings. The van der Waals surface area contributed by atoms with Crippen molar-refractivity contribution in [3.05, 3.63) is 70.3 Å². The predicted octanol–water partition coefficient (Wildman–Crippen LogP) is 2.74. The van der Waals surface area contributed by atoms with Gasteiger partial charge in [-0.05, 0) is 48.2 Å². The Kier molecular flexibility index (Phi) is 4.75. The lowest BCUT2D eigenvalue weighted by atomic mass is 9.84. The van der Waals surface area contributed by atoms with E-state index >= 15 is 0 Å². The number of hydrogen-bond acceptors (Lipinski definition) is 6. The number of aromatic nitrogens is 3. The van der Waals surface area contributed by atoms with E-state index in [9.17, 15) is 4.79 Å². The van der Waals surface area contributed by atoms with Crippen molar-refractivity contribution in [1.29, 1.82) is 0 Å². The van der Waals surface area contributed by atoms with E-state index < -0.39 is 0 Å². The standard InChI is InChI=1S/C23H24N4O3/c1-26-21(28)14-19(16-7-9-24-10-8-16)25-23(26)27-11-12-30-22-18-13-17(29-2)5-3-15(18)4-6-20(22)27/h3,5,7-10,13-14,20,22H,4,6,11-12H2,1-2H3/t20-,22-/m0/s1. The van der Waals surface area contributed by atoms with E-state index in [1.165, 1.54) is 11.1 Å². The maximum atomic E-state index is 12.8. The van der Waals surface area contributed by atoms with Crippen molar-refractivity contribution in [1.82, 2.24) is 14.5 Å². The lowest BCUT2D eigenvalue weighted by molar-refractivity contribution is 0.00164. The average molecular weight is 404 g/mol. The molecule has 0 bridgehead atoms.